The molecule has 1 atom stereocenters. The molecule has 1 N–H and O–H groups in total. The minimum Gasteiger partial charge on any atom is -0.341 e. The van der Waals surface area contributed by atoms with Crippen molar-refractivity contribution >= 4 is 17.3 Å². The van der Waals surface area contributed by atoms with Crippen LogP contribution in [-0.2, 0) is 6.54 Å². The molecular weight excluding hydrogens is 316 g/mol. The van der Waals surface area contributed by atoms with E-state index in [0.29, 0.717) is 0 Å². The summed E-state index contributed by atoms with van der Waals surface area (Å²) in [6.45, 7) is 7.37. The monoisotopic (exact) mass is 344 g/mol. The number of anilines is 1. The van der Waals surface area contributed by atoms with Crippen molar-refractivity contribution in [2.24, 2.45) is 0 Å². The second kappa shape index (κ2) is 8.58. The summed E-state index contributed by atoms with van der Waals surface area (Å²) in [6, 6.07) is 4.52. The summed E-state index contributed by atoms with van der Waals surface area (Å²) in [7, 11) is 0. The zero-order chi connectivity index (χ0) is 16.8. The van der Waals surface area contributed by atoms with Crippen LogP contribution in [0.3, 0.4) is 0 Å². The number of aryl methyl sites for hydroxylation is 1. The Kier molecular flexibility index (Phi) is 6.21. The number of rotatable bonds is 5. The molecule has 2 aromatic heterocycles. The van der Waals surface area contributed by atoms with Crippen molar-refractivity contribution in [1.82, 2.24) is 15.3 Å². The lowest BCUT2D eigenvalue weighted by Crippen LogP contribution is -2.29. The van der Waals surface area contributed by atoms with Crippen molar-refractivity contribution in [3.8, 4) is 0 Å². The minimum absolute atomic E-state index is 0.258. The predicted octanol–water partition coefficient (Wildman–Crippen LogP) is 4.47. The van der Waals surface area contributed by atoms with Crippen LogP contribution >= 0.6 is 11.3 Å². The Morgan fingerprint density at radius 2 is 1.96 bits per heavy atom. The molecule has 0 unspecified atom stereocenters. The molecule has 0 aromatic carbocycles. The standard InChI is InChI=1S/C19H28N4S/c1-15(20-13-17-9-8-12-24-17)18-14-21-19(22-16(18)2)23-10-6-4-3-5-7-11-23/h8-9,12,14-15,20H,3-7,10-11,13H2,1-2H3/t15-/m1/s1. The maximum atomic E-state index is 4.81. The fourth-order valence-corrected chi connectivity index (χ4v) is 3.92. The molecule has 3 rings (SSSR count). The molecule has 0 bridgehead atoms. The number of nitrogens with zero attached hydrogens (tertiary/aromatic N) is 3. The van der Waals surface area contributed by atoms with E-state index in [-0.39, 0.29) is 6.04 Å². The van der Waals surface area contributed by atoms with E-state index in [1.165, 1.54) is 42.5 Å². The van der Waals surface area contributed by atoms with Crippen LogP contribution in [-0.4, -0.2) is 23.1 Å². The number of hydrogen-bond acceptors (Lipinski definition) is 5. The van der Waals surface area contributed by atoms with Gasteiger partial charge < -0.3 is 10.2 Å². The Hall–Kier alpha value is -1.46. The van der Waals surface area contributed by atoms with E-state index in [2.05, 4.69) is 46.6 Å². The fourth-order valence-electron chi connectivity index (χ4n) is 3.27. The largest absolute Gasteiger partial charge is 0.341 e. The van der Waals surface area contributed by atoms with E-state index in [4.69, 9.17) is 4.98 Å². The summed E-state index contributed by atoms with van der Waals surface area (Å²) in [5.41, 5.74) is 2.29. The van der Waals surface area contributed by atoms with Crippen LogP contribution in [0.5, 0.6) is 0 Å². The van der Waals surface area contributed by atoms with Gasteiger partial charge in [-0.1, -0.05) is 25.3 Å². The SMILES string of the molecule is Cc1nc(N2CCCCCCC2)ncc1[C@@H](C)NCc1cccs1. The second-order valence-electron chi connectivity index (χ2n) is 6.65. The normalized spacial score (nSPS) is 17.3. The number of nitrogens with one attached hydrogen (secondary N) is 1. The molecule has 1 aliphatic rings. The highest BCUT2D eigenvalue weighted by Gasteiger charge is 2.15. The molecule has 1 saturated heterocycles. The average molecular weight is 345 g/mol. The molecule has 0 aliphatic carbocycles. The molecule has 0 radical (unpaired) electrons. The summed E-state index contributed by atoms with van der Waals surface area (Å²) in [5.74, 6) is 0.906. The van der Waals surface area contributed by atoms with Crippen LogP contribution < -0.4 is 10.2 Å². The first-order valence-electron chi connectivity index (χ1n) is 9.08. The van der Waals surface area contributed by atoms with Crippen LogP contribution in [0, 0.1) is 6.92 Å². The smallest absolute Gasteiger partial charge is 0.225 e. The summed E-state index contributed by atoms with van der Waals surface area (Å²) in [4.78, 5) is 13.2. The Bertz CT molecular complexity index is 618. The summed E-state index contributed by atoms with van der Waals surface area (Å²) in [6.07, 6.45) is 8.56. The van der Waals surface area contributed by atoms with Crippen LogP contribution in [0.1, 0.15) is 61.2 Å². The summed E-state index contributed by atoms with van der Waals surface area (Å²) >= 11 is 1.79. The lowest BCUT2D eigenvalue weighted by atomic mass is 10.1. The zero-order valence-electron chi connectivity index (χ0n) is 14.8. The van der Waals surface area contributed by atoms with Gasteiger partial charge in [0.15, 0.2) is 0 Å². The van der Waals surface area contributed by atoms with Crippen molar-refractivity contribution in [2.45, 2.75) is 58.5 Å². The molecule has 3 heterocycles. The molecule has 0 spiro atoms. The van der Waals surface area contributed by atoms with Gasteiger partial charge in [-0.2, -0.15) is 0 Å². The van der Waals surface area contributed by atoms with E-state index < -0.39 is 0 Å². The molecule has 0 amide bonds. The van der Waals surface area contributed by atoms with Crippen molar-refractivity contribution in [1.29, 1.82) is 0 Å². The second-order valence-corrected chi connectivity index (χ2v) is 7.68. The molecule has 1 fully saturated rings. The minimum atomic E-state index is 0.258. The van der Waals surface area contributed by atoms with Gasteiger partial charge in [-0.3, -0.25) is 0 Å². The van der Waals surface area contributed by atoms with E-state index >= 15 is 0 Å². The maximum Gasteiger partial charge on any atom is 0.225 e. The van der Waals surface area contributed by atoms with Gasteiger partial charge in [0.05, 0.1) is 0 Å². The van der Waals surface area contributed by atoms with E-state index in [1.807, 2.05) is 6.20 Å². The third-order valence-electron chi connectivity index (χ3n) is 4.77. The van der Waals surface area contributed by atoms with Crippen molar-refractivity contribution in [2.75, 3.05) is 18.0 Å². The quantitative estimate of drug-likeness (QED) is 0.869. The molecular formula is C19H28N4S. The van der Waals surface area contributed by atoms with E-state index in [9.17, 15) is 0 Å². The average Bonchev–Trinajstić information content (AvgIpc) is 3.05. The number of hydrogen-bond donors (Lipinski definition) is 1. The van der Waals surface area contributed by atoms with E-state index in [1.54, 1.807) is 11.3 Å². The summed E-state index contributed by atoms with van der Waals surface area (Å²) < 4.78 is 0. The Morgan fingerprint density at radius 3 is 2.62 bits per heavy atom. The number of aromatic nitrogens is 2. The Balaban J connectivity index is 1.64. The Labute approximate surface area is 149 Å². The van der Waals surface area contributed by atoms with Gasteiger partial charge in [-0.05, 0) is 38.1 Å². The molecule has 24 heavy (non-hydrogen) atoms. The molecule has 5 heteroatoms. The van der Waals surface area contributed by atoms with Crippen molar-refractivity contribution in [3.63, 3.8) is 0 Å². The van der Waals surface area contributed by atoms with Crippen LogP contribution in [0.2, 0.25) is 0 Å². The first kappa shape index (κ1) is 17.4. The van der Waals surface area contributed by atoms with Gasteiger partial charge >= 0.3 is 0 Å². The first-order chi connectivity index (χ1) is 11.7. The van der Waals surface area contributed by atoms with Crippen LogP contribution in [0.4, 0.5) is 5.95 Å². The molecule has 0 saturated carbocycles. The molecule has 1 aliphatic heterocycles. The zero-order valence-corrected chi connectivity index (χ0v) is 15.6. The number of thiophene rings is 1. The predicted molar refractivity (Wildman–Crippen MR) is 102 cm³/mol. The van der Waals surface area contributed by atoms with Gasteiger partial charge in [0.25, 0.3) is 0 Å². The first-order valence-corrected chi connectivity index (χ1v) is 9.96. The van der Waals surface area contributed by atoms with E-state index in [0.717, 1.165) is 31.3 Å². The van der Waals surface area contributed by atoms with Gasteiger partial charge in [-0.25, -0.2) is 9.97 Å². The lowest BCUT2D eigenvalue weighted by Gasteiger charge is -2.25. The van der Waals surface area contributed by atoms with Gasteiger partial charge in [-0.15, -0.1) is 11.3 Å². The van der Waals surface area contributed by atoms with Gasteiger partial charge in [0.1, 0.15) is 0 Å². The molecule has 4 nitrogen and oxygen atoms in total. The van der Waals surface area contributed by atoms with Crippen molar-refractivity contribution in [3.05, 3.63) is 39.8 Å². The highest BCUT2D eigenvalue weighted by atomic mass is 32.1. The summed E-state index contributed by atoms with van der Waals surface area (Å²) in [5, 5.41) is 5.70. The van der Waals surface area contributed by atoms with Crippen LogP contribution in [0.15, 0.2) is 23.7 Å². The molecule has 2 aromatic rings. The topological polar surface area (TPSA) is 41.1 Å². The third-order valence-corrected chi connectivity index (χ3v) is 5.65. The Morgan fingerprint density at radius 1 is 1.21 bits per heavy atom. The molecule has 130 valence electrons. The fraction of sp³-hybridized carbons (Fsp3) is 0.579. The highest BCUT2D eigenvalue weighted by Crippen LogP contribution is 2.21. The maximum absolute atomic E-state index is 4.81. The highest BCUT2D eigenvalue weighted by molar-refractivity contribution is 7.09. The third kappa shape index (κ3) is 4.54. The lowest BCUT2D eigenvalue weighted by molar-refractivity contribution is 0.547. The van der Waals surface area contributed by atoms with Gasteiger partial charge in [0, 0.05) is 48.0 Å². The van der Waals surface area contributed by atoms with Crippen molar-refractivity contribution < 1.29 is 0 Å². The van der Waals surface area contributed by atoms with Gasteiger partial charge in [0.2, 0.25) is 5.95 Å². The van der Waals surface area contributed by atoms with Crippen LogP contribution in [0.25, 0.3) is 0 Å².